The van der Waals surface area contributed by atoms with Crippen molar-refractivity contribution < 1.29 is 23.4 Å². The van der Waals surface area contributed by atoms with Crippen molar-refractivity contribution in [3.05, 3.63) is 36.2 Å². The minimum absolute atomic E-state index is 0.301. The summed E-state index contributed by atoms with van der Waals surface area (Å²) >= 11 is 0. The number of aromatic carboxylic acids is 1. The summed E-state index contributed by atoms with van der Waals surface area (Å²) in [5.74, 6) is -1.67. The van der Waals surface area contributed by atoms with Crippen LogP contribution in [0.25, 0.3) is 11.1 Å². The fourth-order valence-electron chi connectivity index (χ4n) is 2.23. The van der Waals surface area contributed by atoms with Gasteiger partial charge in [-0.1, -0.05) is 25.8 Å². The number of aryl methyl sites for hydroxylation is 1. The van der Waals surface area contributed by atoms with Gasteiger partial charge in [0.15, 0.2) is 0 Å². The average molecular weight is 324 g/mol. The van der Waals surface area contributed by atoms with Crippen molar-refractivity contribution in [2.45, 2.75) is 39.3 Å². The van der Waals surface area contributed by atoms with Gasteiger partial charge >= 0.3 is 12.6 Å². The van der Waals surface area contributed by atoms with Crippen LogP contribution in [0, 0.1) is 0 Å². The fraction of sp³-hybridized carbons (Fsp3) is 0.375. The topological polar surface area (TPSA) is 64.4 Å². The van der Waals surface area contributed by atoms with E-state index in [9.17, 15) is 13.6 Å². The number of halogens is 2. The number of aromatic nitrogens is 2. The van der Waals surface area contributed by atoms with E-state index < -0.39 is 12.6 Å². The molecule has 0 atom stereocenters. The minimum Gasteiger partial charge on any atom is -0.478 e. The Hall–Kier alpha value is -2.44. The molecule has 0 saturated carbocycles. The van der Waals surface area contributed by atoms with E-state index in [0.717, 1.165) is 31.4 Å². The highest BCUT2D eigenvalue weighted by Gasteiger charge is 2.16. The largest absolute Gasteiger partial charge is 0.478 e. The van der Waals surface area contributed by atoms with Gasteiger partial charge in [-0.3, -0.25) is 4.68 Å². The van der Waals surface area contributed by atoms with Crippen LogP contribution in [0.5, 0.6) is 5.75 Å². The number of carboxylic acid groups (broad SMARTS) is 1. The highest BCUT2D eigenvalue weighted by atomic mass is 19.3. The standard InChI is InChI=1S/C16H18F2N2O3/c1-2-3-4-7-20-10-12(9-19-20)11-5-6-13(15(21)22)14(8-11)23-16(17)18/h5-6,8-10,16H,2-4,7H2,1H3,(H,21,22). The van der Waals surface area contributed by atoms with Crippen LogP contribution in [-0.2, 0) is 6.54 Å². The van der Waals surface area contributed by atoms with E-state index in [1.807, 2.05) is 0 Å². The summed E-state index contributed by atoms with van der Waals surface area (Å²) in [5.41, 5.74) is 0.995. The molecule has 1 N–H and O–H groups in total. The van der Waals surface area contributed by atoms with Gasteiger partial charge in [0.1, 0.15) is 11.3 Å². The zero-order valence-corrected chi connectivity index (χ0v) is 12.7. The van der Waals surface area contributed by atoms with Crippen molar-refractivity contribution in [2.75, 3.05) is 0 Å². The van der Waals surface area contributed by atoms with Gasteiger partial charge in [-0.25, -0.2) is 4.79 Å². The second-order valence-electron chi connectivity index (χ2n) is 5.09. The summed E-state index contributed by atoms with van der Waals surface area (Å²) < 4.78 is 31.0. The Bertz CT molecular complexity index is 671. The summed E-state index contributed by atoms with van der Waals surface area (Å²) in [6.07, 6.45) is 6.65. The molecule has 0 fully saturated rings. The predicted molar refractivity (Wildman–Crippen MR) is 80.8 cm³/mol. The zero-order chi connectivity index (χ0) is 16.8. The first-order valence-electron chi connectivity index (χ1n) is 7.36. The normalized spacial score (nSPS) is 11.0. The van der Waals surface area contributed by atoms with Crippen molar-refractivity contribution in [2.24, 2.45) is 0 Å². The number of carboxylic acids is 1. The summed E-state index contributed by atoms with van der Waals surface area (Å²) in [6.45, 7) is -0.190. The van der Waals surface area contributed by atoms with Crippen molar-refractivity contribution in [3.8, 4) is 16.9 Å². The molecule has 0 aliphatic carbocycles. The predicted octanol–water partition coefficient (Wildman–Crippen LogP) is 4.04. The van der Waals surface area contributed by atoms with Crippen molar-refractivity contribution in [3.63, 3.8) is 0 Å². The molecule has 1 heterocycles. The van der Waals surface area contributed by atoms with Gasteiger partial charge in [0, 0.05) is 18.3 Å². The number of hydrogen-bond donors (Lipinski definition) is 1. The van der Waals surface area contributed by atoms with Crippen molar-refractivity contribution in [1.29, 1.82) is 0 Å². The van der Waals surface area contributed by atoms with Gasteiger partial charge in [0.05, 0.1) is 6.20 Å². The first-order valence-corrected chi connectivity index (χ1v) is 7.36. The third kappa shape index (κ3) is 4.51. The molecule has 0 aliphatic rings. The maximum absolute atomic E-state index is 12.4. The quantitative estimate of drug-likeness (QED) is 0.744. The molecule has 5 nitrogen and oxygen atoms in total. The van der Waals surface area contributed by atoms with E-state index in [1.165, 1.54) is 12.1 Å². The third-order valence-corrected chi connectivity index (χ3v) is 3.39. The average Bonchev–Trinajstić information content (AvgIpc) is 2.95. The molecule has 1 aromatic carbocycles. The van der Waals surface area contributed by atoms with Gasteiger partial charge < -0.3 is 9.84 Å². The van der Waals surface area contributed by atoms with Gasteiger partial charge in [-0.2, -0.15) is 13.9 Å². The van der Waals surface area contributed by atoms with Crippen LogP contribution < -0.4 is 4.74 Å². The van der Waals surface area contributed by atoms with Crippen LogP contribution in [0.3, 0.4) is 0 Å². The summed E-state index contributed by atoms with van der Waals surface area (Å²) in [7, 11) is 0. The number of nitrogens with zero attached hydrogens (tertiary/aromatic N) is 2. The lowest BCUT2D eigenvalue weighted by Gasteiger charge is -2.09. The first kappa shape index (κ1) is 16.9. The number of benzene rings is 1. The number of unbranched alkanes of at least 4 members (excludes halogenated alkanes) is 2. The molecule has 2 aromatic rings. The Labute approximate surface area is 132 Å². The first-order chi connectivity index (χ1) is 11.0. The zero-order valence-electron chi connectivity index (χ0n) is 12.7. The second kappa shape index (κ2) is 7.71. The monoisotopic (exact) mass is 324 g/mol. The molecule has 2 rings (SSSR count). The van der Waals surface area contributed by atoms with Crippen LogP contribution in [0.2, 0.25) is 0 Å². The third-order valence-electron chi connectivity index (χ3n) is 3.39. The number of alkyl halides is 2. The molecule has 0 aliphatic heterocycles. The molecule has 7 heteroatoms. The Morgan fingerprint density at radius 3 is 2.78 bits per heavy atom. The fourth-order valence-corrected chi connectivity index (χ4v) is 2.23. The lowest BCUT2D eigenvalue weighted by Crippen LogP contribution is -2.07. The maximum Gasteiger partial charge on any atom is 0.387 e. The van der Waals surface area contributed by atoms with Crippen LogP contribution in [-0.4, -0.2) is 27.5 Å². The number of carbonyl (C=O) groups is 1. The summed E-state index contributed by atoms with van der Waals surface area (Å²) in [4.78, 5) is 11.1. The molecule has 0 bridgehead atoms. The Kier molecular flexibility index (Phi) is 5.67. The molecule has 0 spiro atoms. The van der Waals surface area contributed by atoms with E-state index in [0.29, 0.717) is 5.56 Å². The van der Waals surface area contributed by atoms with Gasteiger partial charge in [0.25, 0.3) is 0 Å². The lowest BCUT2D eigenvalue weighted by molar-refractivity contribution is -0.0502. The van der Waals surface area contributed by atoms with Crippen LogP contribution in [0.4, 0.5) is 8.78 Å². The van der Waals surface area contributed by atoms with E-state index in [2.05, 4.69) is 16.8 Å². The second-order valence-corrected chi connectivity index (χ2v) is 5.09. The van der Waals surface area contributed by atoms with E-state index in [1.54, 1.807) is 23.1 Å². The minimum atomic E-state index is -3.08. The van der Waals surface area contributed by atoms with Gasteiger partial charge in [-0.15, -0.1) is 0 Å². The van der Waals surface area contributed by atoms with Crippen LogP contribution in [0.1, 0.15) is 36.5 Å². The summed E-state index contributed by atoms with van der Waals surface area (Å²) in [6, 6.07) is 4.10. The molecule has 124 valence electrons. The SMILES string of the molecule is CCCCCn1cc(-c2ccc(C(=O)O)c(OC(F)F)c2)cn1. The van der Waals surface area contributed by atoms with E-state index in [4.69, 9.17) is 5.11 Å². The summed E-state index contributed by atoms with van der Waals surface area (Å²) in [5, 5.41) is 13.2. The Morgan fingerprint density at radius 2 is 2.13 bits per heavy atom. The number of rotatable bonds is 8. The Morgan fingerprint density at radius 1 is 1.35 bits per heavy atom. The van der Waals surface area contributed by atoms with Gasteiger partial charge in [-0.05, 0) is 24.1 Å². The molecule has 23 heavy (non-hydrogen) atoms. The molecular formula is C16H18F2N2O3. The molecule has 0 amide bonds. The van der Waals surface area contributed by atoms with Gasteiger partial charge in [0.2, 0.25) is 0 Å². The molecule has 0 saturated heterocycles. The van der Waals surface area contributed by atoms with E-state index in [-0.39, 0.29) is 11.3 Å². The molecule has 0 unspecified atom stereocenters. The number of hydrogen-bond acceptors (Lipinski definition) is 3. The molecule has 1 aromatic heterocycles. The smallest absolute Gasteiger partial charge is 0.387 e. The highest BCUT2D eigenvalue weighted by Crippen LogP contribution is 2.28. The highest BCUT2D eigenvalue weighted by molar-refractivity contribution is 5.92. The number of ether oxygens (including phenoxy) is 1. The van der Waals surface area contributed by atoms with Crippen LogP contribution in [0.15, 0.2) is 30.6 Å². The van der Waals surface area contributed by atoms with Crippen LogP contribution >= 0.6 is 0 Å². The van der Waals surface area contributed by atoms with Crippen molar-refractivity contribution in [1.82, 2.24) is 9.78 Å². The maximum atomic E-state index is 12.4. The molecule has 0 radical (unpaired) electrons. The van der Waals surface area contributed by atoms with Crippen molar-refractivity contribution >= 4 is 5.97 Å². The van der Waals surface area contributed by atoms with E-state index >= 15 is 0 Å². The lowest BCUT2D eigenvalue weighted by atomic mass is 10.1. The Balaban J connectivity index is 2.24. The molecular weight excluding hydrogens is 306 g/mol.